The monoisotopic (exact) mass is 401 g/mol. The van der Waals surface area contributed by atoms with Crippen LogP contribution >= 0.6 is 12.2 Å². The van der Waals surface area contributed by atoms with E-state index >= 15 is 0 Å². The molecule has 0 saturated heterocycles. The van der Waals surface area contributed by atoms with E-state index in [4.69, 9.17) is 9.22 Å². The lowest BCUT2D eigenvalue weighted by atomic mass is 10.3. The van der Waals surface area contributed by atoms with Crippen LogP contribution in [0.5, 0.6) is 5.75 Å². The van der Waals surface area contributed by atoms with Crippen molar-refractivity contribution in [2.45, 2.75) is 4.90 Å². The molecular formula is C18H15N3O4S2. The molecule has 0 unspecified atom stereocenters. The Balaban J connectivity index is 1.52. The first kappa shape index (κ1) is 18.9. The Morgan fingerprint density at radius 2 is 1.48 bits per heavy atom. The molecule has 3 rings (SSSR count). The van der Waals surface area contributed by atoms with Crippen molar-refractivity contribution < 1.29 is 17.6 Å². The smallest absolute Gasteiger partial charge is 0.282 e. The molecule has 1 aromatic heterocycles. The molecule has 0 aliphatic carbocycles. The average Bonchev–Trinajstić information content (AvgIpc) is 3.16. The quantitative estimate of drug-likeness (QED) is 0.155. The van der Waals surface area contributed by atoms with Gasteiger partial charge in [-0.2, -0.15) is 17.2 Å². The Bertz CT molecular complexity index is 1020. The third-order valence-corrected chi connectivity index (χ3v) is 4.81. The molecule has 0 aliphatic rings. The van der Waals surface area contributed by atoms with Crippen LogP contribution in [-0.4, -0.2) is 25.8 Å². The Morgan fingerprint density at radius 1 is 0.852 bits per heavy atom. The van der Waals surface area contributed by atoms with Crippen LogP contribution in [0.4, 0.5) is 0 Å². The van der Waals surface area contributed by atoms with Gasteiger partial charge in [-0.25, -0.2) is 0 Å². The first-order valence-corrected chi connectivity index (χ1v) is 9.90. The highest BCUT2D eigenvalue weighted by Gasteiger charge is 2.10. The van der Waals surface area contributed by atoms with Gasteiger partial charge in [0.25, 0.3) is 10.0 Å². The van der Waals surface area contributed by atoms with Gasteiger partial charge in [0, 0.05) is 0 Å². The van der Waals surface area contributed by atoms with E-state index in [0.717, 1.165) is 12.2 Å². The van der Waals surface area contributed by atoms with Crippen LogP contribution in [0.25, 0.3) is 0 Å². The molecule has 1 N–H and O–H groups in total. The molecule has 0 atom stereocenters. The molecule has 1 heterocycles. The van der Waals surface area contributed by atoms with Gasteiger partial charge >= 0.3 is 0 Å². The summed E-state index contributed by atoms with van der Waals surface area (Å²) in [7, 11) is -3.72. The van der Waals surface area contributed by atoms with E-state index in [0.29, 0.717) is 17.1 Å². The first-order chi connectivity index (χ1) is 13.1. The Hall–Kier alpha value is -2.88. The lowest BCUT2D eigenvalue weighted by Crippen LogP contribution is -1.97. The van der Waals surface area contributed by atoms with Crippen molar-refractivity contribution in [3.8, 4) is 5.75 Å². The first-order valence-electron chi connectivity index (χ1n) is 7.77. The Kier molecular flexibility index (Phi) is 6.42. The summed E-state index contributed by atoms with van der Waals surface area (Å²) in [5.74, 6) is 0.568. The summed E-state index contributed by atoms with van der Waals surface area (Å²) in [5, 5.41) is 0. The molecule has 0 spiro atoms. The topological polar surface area (TPSA) is 93.1 Å². The minimum Gasteiger partial charge on any atom is -0.353 e. The van der Waals surface area contributed by atoms with Gasteiger partial charge in [-0.05, 0) is 36.4 Å². The summed E-state index contributed by atoms with van der Waals surface area (Å²) < 4.78 is 36.7. The maximum absolute atomic E-state index is 12.1. The van der Waals surface area contributed by atoms with Crippen LogP contribution in [0.1, 0.15) is 11.4 Å². The van der Waals surface area contributed by atoms with Crippen molar-refractivity contribution in [3.05, 3.63) is 84.2 Å². The minimum atomic E-state index is -3.72. The molecule has 0 aliphatic heterocycles. The predicted octanol–water partition coefficient (Wildman–Crippen LogP) is 3.82. The predicted molar refractivity (Wildman–Crippen MR) is 105 cm³/mol. The van der Waals surface area contributed by atoms with E-state index in [1.807, 2.05) is 18.2 Å². The summed E-state index contributed by atoms with van der Waals surface area (Å²) in [6.07, 6.45) is 2.77. The number of nitrogens with one attached hydrogen (secondary N) is 1. The molecule has 0 radical (unpaired) electrons. The third kappa shape index (κ3) is 5.81. The van der Waals surface area contributed by atoms with E-state index in [-0.39, 0.29) is 4.90 Å². The van der Waals surface area contributed by atoms with Gasteiger partial charge in [0.15, 0.2) is 18.0 Å². The number of sulfonamides is 1. The number of rotatable bonds is 8. The zero-order valence-corrected chi connectivity index (χ0v) is 15.6. The molecule has 2 aromatic carbocycles. The lowest BCUT2D eigenvalue weighted by molar-refractivity contribution is -0.0776. The number of hydrogen-bond donors (Lipinski definition) is 1. The molecule has 0 fully saturated rings. The highest BCUT2D eigenvalue weighted by Crippen LogP contribution is 2.14. The van der Waals surface area contributed by atoms with Crippen LogP contribution in [0.2, 0.25) is 0 Å². The van der Waals surface area contributed by atoms with Crippen LogP contribution in [0.3, 0.4) is 0 Å². The second-order valence-electron chi connectivity index (χ2n) is 5.17. The number of nitrogens with zero attached hydrogens (tertiary/aromatic N) is 2. The summed E-state index contributed by atoms with van der Waals surface area (Å²) in [6.45, 7) is 0. The van der Waals surface area contributed by atoms with Crippen LogP contribution < -0.4 is 4.89 Å². The molecule has 138 valence electrons. The highest BCUT2D eigenvalue weighted by molar-refractivity contribution is 7.93. The fraction of sp³-hybridized carbons (Fsp3) is 0. The number of aromatic amines is 1. The maximum atomic E-state index is 12.1. The molecule has 0 bridgehead atoms. The number of hydrogen-bond acceptors (Lipinski definition) is 6. The van der Waals surface area contributed by atoms with Gasteiger partial charge in [-0.1, -0.05) is 40.7 Å². The lowest BCUT2D eigenvalue weighted by Gasteiger charge is -1.98. The molecule has 0 amide bonds. The van der Waals surface area contributed by atoms with Crippen LogP contribution in [0, 0.1) is 0 Å². The minimum absolute atomic E-state index is 0.140. The number of benzene rings is 2. The van der Waals surface area contributed by atoms with Crippen molar-refractivity contribution in [2.75, 3.05) is 0 Å². The average molecular weight is 401 g/mol. The van der Waals surface area contributed by atoms with E-state index in [2.05, 4.69) is 13.8 Å². The molecule has 7 nitrogen and oxygen atoms in total. The van der Waals surface area contributed by atoms with Crippen molar-refractivity contribution in [1.29, 1.82) is 0 Å². The summed E-state index contributed by atoms with van der Waals surface area (Å²) in [6, 6.07) is 20.5. The number of H-pyrrole nitrogens is 1. The fourth-order valence-corrected chi connectivity index (χ4v) is 3.16. The van der Waals surface area contributed by atoms with E-state index in [1.54, 1.807) is 42.5 Å². The van der Waals surface area contributed by atoms with Crippen LogP contribution in [-0.2, 0) is 14.4 Å². The van der Waals surface area contributed by atoms with Crippen molar-refractivity contribution in [2.24, 2.45) is 8.80 Å². The number of para-hydroxylation sites is 1. The van der Waals surface area contributed by atoms with Gasteiger partial charge in [-0.3, -0.25) is 0 Å². The molecule has 27 heavy (non-hydrogen) atoms. The zero-order chi connectivity index (χ0) is 19.0. The second kappa shape index (κ2) is 9.17. The maximum Gasteiger partial charge on any atom is 0.282 e. The molecule has 3 aromatic rings. The van der Waals surface area contributed by atoms with Gasteiger partial charge in [0.2, 0.25) is 0 Å². The van der Waals surface area contributed by atoms with E-state index in [1.165, 1.54) is 24.6 Å². The summed E-state index contributed by atoms with van der Waals surface area (Å²) in [5.41, 5.74) is 1.19. The van der Waals surface area contributed by atoms with E-state index in [9.17, 15) is 8.42 Å². The standard InChI is InChI=1S/C18H15N3O4S2/c22-27(23,18-9-5-2-6-10-18)20-14-16-12-11-15(21-16)13-19-26-25-24-17-7-3-1-4-8-17/h1-14,21H/b19-13?,20-14+. The number of aromatic nitrogens is 1. The van der Waals surface area contributed by atoms with Gasteiger partial charge in [0.1, 0.15) is 0 Å². The summed E-state index contributed by atoms with van der Waals surface area (Å²) in [4.78, 5) is 8.13. The normalized spacial score (nSPS) is 12.0. The Labute approximate surface area is 161 Å². The largest absolute Gasteiger partial charge is 0.353 e. The van der Waals surface area contributed by atoms with Crippen molar-refractivity contribution in [1.82, 2.24) is 4.98 Å². The SMILES string of the molecule is O=S(=O)(/N=C/c1ccc(C=NSOOc2ccccc2)[nH]1)c1ccccc1. The van der Waals surface area contributed by atoms with Gasteiger partial charge < -0.3 is 9.87 Å². The highest BCUT2D eigenvalue weighted by atomic mass is 32.2. The molecule has 0 saturated carbocycles. The third-order valence-electron chi connectivity index (χ3n) is 3.24. The Morgan fingerprint density at radius 3 is 2.19 bits per heavy atom. The van der Waals surface area contributed by atoms with Gasteiger partial charge in [-0.15, -0.1) is 0 Å². The van der Waals surface area contributed by atoms with Crippen molar-refractivity contribution >= 4 is 34.7 Å². The second-order valence-corrected chi connectivity index (χ2v) is 7.29. The molecular weight excluding hydrogens is 386 g/mol. The van der Waals surface area contributed by atoms with E-state index < -0.39 is 10.0 Å². The van der Waals surface area contributed by atoms with Crippen LogP contribution in [0.15, 0.2) is 86.5 Å². The van der Waals surface area contributed by atoms with Crippen molar-refractivity contribution in [3.63, 3.8) is 0 Å². The molecule has 9 heteroatoms. The zero-order valence-electron chi connectivity index (χ0n) is 13.9. The van der Waals surface area contributed by atoms with Gasteiger partial charge in [0.05, 0.1) is 28.7 Å². The fourth-order valence-electron chi connectivity index (χ4n) is 1.99. The summed E-state index contributed by atoms with van der Waals surface area (Å²) >= 11 is 0.765.